The van der Waals surface area contributed by atoms with Gasteiger partial charge in [0.2, 0.25) is 0 Å². The van der Waals surface area contributed by atoms with Crippen molar-refractivity contribution < 1.29 is 19.1 Å². The van der Waals surface area contributed by atoms with Crippen molar-refractivity contribution in [3.05, 3.63) is 85.3 Å². The van der Waals surface area contributed by atoms with E-state index in [9.17, 15) is 14.4 Å². The summed E-state index contributed by atoms with van der Waals surface area (Å²) in [5, 5.41) is 0. The lowest BCUT2D eigenvalue weighted by molar-refractivity contribution is -0.138. The number of pyridine rings is 2. The number of nitrogens with zero attached hydrogens (tertiary/aromatic N) is 3. The topological polar surface area (TPSA) is 126 Å². The standard InChI is InChI=1S/C24H22N4O5S/c1-3-32-23(30)18-17(15-8-6-10-27-13-15)19(24(31)33-4-2)22-28(20(18)25)21(29)16(34-22)11-14-7-5-9-26-12-14/h5-13,17H,3-4,25H2,1-2H3/t17-/m1/s1. The van der Waals surface area contributed by atoms with Gasteiger partial charge >= 0.3 is 11.9 Å². The Balaban J connectivity index is 2.11. The fourth-order valence-electron chi connectivity index (χ4n) is 3.76. The molecule has 1 aliphatic heterocycles. The fraction of sp³-hybridized carbons (Fsp3) is 0.208. The summed E-state index contributed by atoms with van der Waals surface area (Å²) in [5.41, 5.74) is 7.32. The summed E-state index contributed by atoms with van der Waals surface area (Å²) >= 11 is 1.09. The van der Waals surface area contributed by atoms with Gasteiger partial charge in [-0.2, -0.15) is 0 Å². The first-order chi connectivity index (χ1) is 16.5. The van der Waals surface area contributed by atoms with E-state index in [0.29, 0.717) is 15.7 Å². The van der Waals surface area contributed by atoms with Crippen LogP contribution in [0.5, 0.6) is 0 Å². The van der Waals surface area contributed by atoms with E-state index in [1.807, 2.05) is 0 Å². The normalized spacial score (nSPS) is 15.8. The molecule has 34 heavy (non-hydrogen) atoms. The predicted octanol–water partition coefficient (Wildman–Crippen LogP) is 0.730. The van der Waals surface area contributed by atoms with E-state index >= 15 is 0 Å². The van der Waals surface area contributed by atoms with Crippen LogP contribution in [0.4, 0.5) is 0 Å². The molecule has 174 valence electrons. The van der Waals surface area contributed by atoms with Gasteiger partial charge in [-0.25, -0.2) is 9.59 Å². The second-order valence-corrected chi connectivity index (χ2v) is 8.25. The summed E-state index contributed by atoms with van der Waals surface area (Å²) in [6.07, 6.45) is 8.02. The lowest BCUT2D eigenvalue weighted by atomic mass is 9.84. The summed E-state index contributed by atoms with van der Waals surface area (Å²) in [4.78, 5) is 47.9. The van der Waals surface area contributed by atoms with Gasteiger partial charge in [0.1, 0.15) is 10.5 Å². The van der Waals surface area contributed by atoms with E-state index in [1.54, 1.807) is 69.0 Å². The third-order valence-corrected chi connectivity index (χ3v) is 6.25. The molecule has 0 saturated heterocycles. The average Bonchev–Trinajstić information content (AvgIpc) is 3.16. The highest BCUT2D eigenvalue weighted by atomic mass is 32.1. The van der Waals surface area contributed by atoms with Crippen molar-refractivity contribution in [3.63, 3.8) is 0 Å². The molecule has 1 aliphatic rings. The van der Waals surface area contributed by atoms with Crippen molar-refractivity contribution in [3.8, 4) is 0 Å². The third kappa shape index (κ3) is 4.15. The zero-order chi connectivity index (χ0) is 24.2. The van der Waals surface area contributed by atoms with E-state index in [-0.39, 0.29) is 34.8 Å². The molecule has 4 heterocycles. The second kappa shape index (κ2) is 9.84. The Hall–Kier alpha value is -4.05. The molecule has 10 heteroatoms. The quantitative estimate of drug-likeness (QED) is 0.514. The maximum Gasteiger partial charge on any atom is 0.338 e. The molecule has 0 spiro atoms. The van der Waals surface area contributed by atoms with Crippen molar-refractivity contribution in [2.45, 2.75) is 19.8 Å². The highest BCUT2D eigenvalue weighted by molar-refractivity contribution is 7.07. The molecule has 0 aromatic carbocycles. The Morgan fingerprint density at radius 2 is 1.71 bits per heavy atom. The second-order valence-electron chi connectivity index (χ2n) is 7.22. The molecule has 3 aromatic rings. The minimum Gasteiger partial charge on any atom is -0.463 e. The van der Waals surface area contributed by atoms with Crippen molar-refractivity contribution in [1.29, 1.82) is 0 Å². The molecule has 9 nitrogen and oxygen atoms in total. The summed E-state index contributed by atoms with van der Waals surface area (Å²) in [5.74, 6) is -2.40. The van der Waals surface area contributed by atoms with Gasteiger partial charge in [0.25, 0.3) is 5.56 Å². The number of rotatable bonds is 6. The number of hydrogen-bond donors (Lipinski definition) is 1. The van der Waals surface area contributed by atoms with Gasteiger partial charge in [0.05, 0.1) is 34.8 Å². The van der Waals surface area contributed by atoms with Crippen molar-refractivity contribution in [1.82, 2.24) is 14.5 Å². The monoisotopic (exact) mass is 478 g/mol. The van der Waals surface area contributed by atoms with Gasteiger partial charge in [0, 0.05) is 24.8 Å². The minimum absolute atomic E-state index is 0.0155. The van der Waals surface area contributed by atoms with Gasteiger partial charge < -0.3 is 15.2 Å². The van der Waals surface area contributed by atoms with Gasteiger partial charge in [-0.05, 0) is 43.2 Å². The highest BCUT2D eigenvalue weighted by Crippen LogP contribution is 2.37. The van der Waals surface area contributed by atoms with Crippen LogP contribution >= 0.6 is 11.3 Å². The Kier molecular flexibility index (Phi) is 6.69. The first kappa shape index (κ1) is 23.1. The molecule has 0 bridgehead atoms. The summed E-state index contributed by atoms with van der Waals surface area (Å²) in [6, 6.07) is 6.97. The maximum atomic E-state index is 13.4. The molecule has 0 aliphatic carbocycles. The number of nitrogens with two attached hydrogens (primary N) is 1. The van der Waals surface area contributed by atoms with Gasteiger partial charge in [-0.1, -0.05) is 12.1 Å². The number of ether oxygens (including phenoxy) is 2. The molecule has 3 aromatic heterocycles. The molecule has 0 amide bonds. The number of fused-ring (bicyclic) bond motifs is 1. The van der Waals surface area contributed by atoms with Crippen molar-refractivity contribution in [2.75, 3.05) is 13.2 Å². The summed E-state index contributed by atoms with van der Waals surface area (Å²) in [7, 11) is 0. The van der Waals surface area contributed by atoms with Crippen LogP contribution in [-0.2, 0) is 19.1 Å². The first-order valence-corrected chi connectivity index (χ1v) is 11.4. The molecule has 0 unspecified atom stereocenters. The minimum atomic E-state index is -0.920. The van der Waals surface area contributed by atoms with E-state index in [2.05, 4.69) is 9.97 Å². The molecular formula is C24H22N4O5S. The fourth-order valence-corrected chi connectivity index (χ4v) is 4.92. The van der Waals surface area contributed by atoms with Crippen LogP contribution in [0.3, 0.4) is 0 Å². The van der Waals surface area contributed by atoms with Gasteiger partial charge in [0.15, 0.2) is 0 Å². The zero-order valence-corrected chi connectivity index (χ0v) is 19.4. The summed E-state index contributed by atoms with van der Waals surface area (Å²) in [6.45, 7) is 3.55. The average molecular weight is 479 g/mol. The lowest BCUT2D eigenvalue weighted by Gasteiger charge is -2.26. The van der Waals surface area contributed by atoms with Crippen LogP contribution in [0.15, 0.2) is 59.4 Å². The smallest absolute Gasteiger partial charge is 0.338 e. The van der Waals surface area contributed by atoms with E-state index in [4.69, 9.17) is 15.2 Å². The molecule has 1 atom stereocenters. The van der Waals surface area contributed by atoms with E-state index in [1.165, 1.54) is 4.57 Å². The number of aromatic nitrogens is 3. The zero-order valence-electron chi connectivity index (χ0n) is 18.6. The number of hydrogen-bond acceptors (Lipinski definition) is 9. The summed E-state index contributed by atoms with van der Waals surface area (Å²) < 4.78 is 12.4. The Morgan fingerprint density at radius 1 is 1.06 bits per heavy atom. The van der Waals surface area contributed by atoms with E-state index in [0.717, 1.165) is 11.3 Å². The van der Waals surface area contributed by atoms with E-state index < -0.39 is 23.4 Å². The molecule has 0 saturated carbocycles. The van der Waals surface area contributed by atoms with Crippen LogP contribution in [-0.4, -0.2) is 39.7 Å². The highest BCUT2D eigenvalue weighted by Gasteiger charge is 2.40. The maximum absolute atomic E-state index is 13.4. The first-order valence-electron chi connectivity index (χ1n) is 10.6. The Morgan fingerprint density at radius 3 is 2.29 bits per heavy atom. The molecular weight excluding hydrogens is 456 g/mol. The number of thiazole rings is 1. The predicted molar refractivity (Wildman–Crippen MR) is 127 cm³/mol. The molecule has 4 rings (SSSR count). The number of carbonyl (C=O) groups excluding carboxylic acids is 2. The van der Waals surface area contributed by atoms with Crippen LogP contribution in [0.1, 0.15) is 30.9 Å². The van der Waals surface area contributed by atoms with Crippen molar-refractivity contribution in [2.24, 2.45) is 5.73 Å². The van der Waals surface area contributed by atoms with Gasteiger partial charge in [-0.15, -0.1) is 11.3 Å². The van der Waals surface area contributed by atoms with Crippen LogP contribution < -0.4 is 20.5 Å². The molecule has 2 N–H and O–H groups in total. The SMILES string of the molecule is CCOC(=O)C1=C(N)n2c(sc(=Cc3cccnc3)c2=O)=C(C(=O)OCC)[C@@H]1c1cccnc1. The largest absolute Gasteiger partial charge is 0.463 e. The Bertz CT molecular complexity index is 1440. The third-order valence-electron chi connectivity index (χ3n) is 5.14. The van der Waals surface area contributed by atoms with Crippen molar-refractivity contribution >= 4 is 40.7 Å². The molecule has 0 fully saturated rings. The lowest BCUT2D eigenvalue weighted by Crippen LogP contribution is -2.42. The van der Waals surface area contributed by atoms with Crippen LogP contribution in [0, 0.1) is 0 Å². The number of carbonyl (C=O) groups is 2. The van der Waals surface area contributed by atoms with Crippen LogP contribution in [0.25, 0.3) is 17.5 Å². The molecule has 0 radical (unpaired) electrons. The number of esters is 2. The van der Waals surface area contributed by atoms with Gasteiger partial charge in [-0.3, -0.25) is 19.3 Å². The Labute approximate surface area is 198 Å². The van der Waals surface area contributed by atoms with Crippen LogP contribution in [0.2, 0.25) is 0 Å².